The number of thiophene rings is 3. The lowest BCUT2D eigenvalue weighted by Crippen LogP contribution is -2.33. The Kier molecular flexibility index (Phi) is 11.5. The van der Waals surface area contributed by atoms with Gasteiger partial charge in [0, 0.05) is 115 Å². The largest absolute Gasteiger partial charge is 0.423 e. The highest BCUT2D eigenvalue weighted by Crippen LogP contribution is 2.49. The number of benzene rings is 8. The van der Waals surface area contributed by atoms with Crippen LogP contribution in [0.3, 0.4) is 0 Å². The molecule has 0 fully saturated rings. The van der Waals surface area contributed by atoms with E-state index < -0.39 is 5.97 Å². The van der Waals surface area contributed by atoms with Gasteiger partial charge in [0.1, 0.15) is 5.75 Å². The summed E-state index contributed by atoms with van der Waals surface area (Å²) in [5.41, 5.74) is -0.171. The van der Waals surface area contributed by atoms with Crippen LogP contribution in [0.5, 0.6) is 5.75 Å². The van der Waals surface area contributed by atoms with Crippen molar-refractivity contribution < 1.29 is 9.53 Å². The Bertz CT molecular complexity index is 3240. The smallest absolute Gasteiger partial charge is 0.335 e. The Labute approximate surface area is 394 Å². The zero-order chi connectivity index (χ0) is 42.3. The number of hydrogen-bond donors (Lipinski definition) is 0. The minimum absolute atomic E-state index is 0.171. The molecule has 11 aromatic rings. The number of rotatable bonds is 14. The molecule has 0 amide bonds. The van der Waals surface area contributed by atoms with Crippen LogP contribution < -0.4 is 4.74 Å². The van der Waals surface area contributed by atoms with Gasteiger partial charge in [-0.3, -0.25) is 0 Å². The molecule has 0 spiro atoms. The van der Waals surface area contributed by atoms with Crippen molar-refractivity contribution in [2.45, 2.75) is 19.6 Å². The third-order valence-corrected chi connectivity index (χ3v) is 21.1. The summed E-state index contributed by atoms with van der Waals surface area (Å²) in [5, 5.41) is 10.2. The normalized spacial score (nSPS) is 12.1. The van der Waals surface area contributed by atoms with E-state index in [4.69, 9.17) is 4.74 Å². The second-order valence-electron chi connectivity index (χ2n) is 15.6. The van der Waals surface area contributed by atoms with Crippen LogP contribution in [-0.4, -0.2) is 29.0 Å². The third-order valence-electron chi connectivity index (χ3n) is 11.4. The summed E-state index contributed by atoms with van der Waals surface area (Å²) in [7, 11) is 0. The predicted octanol–water partition coefficient (Wildman–Crippen LogP) is 17.5. The minimum Gasteiger partial charge on any atom is -0.423 e. The fraction of sp³-hybridized carbons (Fsp3) is 0.0926. The Morgan fingerprint density at radius 3 is 1.29 bits per heavy atom. The molecular weight excluding hydrogens is 905 g/mol. The molecule has 9 heteroatoms. The first kappa shape index (κ1) is 41.0. The number of carbonyl (C=O) groups is 1. The monoisotopic (exact) mass is 942 g/mol. The highest BCUT2D eigenvalue weighted by atomic mass is 32.2. The van der Waals surface area contributed by atoms with E-state index in [-0.39, 0.29) is 5.41 Å². The number of thioether (sulfide) groups is 4. The van der Waals surface area contributed by atoms with E-state index in [0.717, 1.165) is 38.7 Å². The van der Waals surface area contributed by atoms with Crippen LogP contribution >= 0.6 is 81.1 Å². The molecule has 0 unspecified atom stereocenters. The van der Waals surface area contributed by atoms with E-state index in [1.807, 2.05) is 99.3 Å². The molecule has 3 aromatic heterocycles. The summed E-state index contributed by atoms with van der Waals surface area (Å²) >= 11 is 13.6. The van der Waals surface area contributed by atoms with Crippen molar-refractivity contribution in [1.82, 2.24) is 0 Å². The van der Waals surface area contributed by atoms with Crippen molar-refractivity contribution in [2.24, 2.45) is 5.41 Å². The molecule has 0 N–H and O–H groups in total. The molecule has 0 bridgehead atoms. The van der Waals surface area contributed by atoms with E-state index in [2.05, 4.69) is 152 Å². The zero-order valence-corrected chi connectivity index (χ0v) is 39.6. The lowest BCUT2D eigenvalue weighted by molar-refractivity contribution is -0.128. The number of fused-ring (bicyclic) bond motifs is 10. The van der Waals surface area contributed by atoms with Crippen molar-refractivity contribution in [2.75, 3.05) is 23.0 Å². The summed E-state index contributed by atoms with van der Waals surface area (Å²) < 4.78 is 13.8. The van der Waals surface area contributed by atoms with Crippen molar-refractivity contribution in [3.63, 3.8) is 0 Å². The standard InChI is InChI=1S/C54H38O2S7/c1-2-50(55)56-35-28-34-14-3-4-15-36(34)49(29-35)60-33-54(30-57-46-25-11-19-40-37-16-5-8-22-43(37)61-51(40)46,31-58-47-26-12-20-41-38-17-6-9-23-44(38)62-52(41)47)32-59-48-27-13-21-42-39-18-7-10-24-45(39)63-53(42)48/h2-29H,1,30-33H2. The van der Waals surface area contributed by atoms with Gasteiger partial charge in [0.25, 0.3) is 0 Å². The molecule has 2 nitrogen and oxygen atoms in total. The minimum atomic E-state index is -0.457. The number of hydrogen-bond acceptors (Lipinski definition) is 9. The molecule has 0 saturated heterocycles. The lowest BCUT2D eigenvalue weighted by atomic mass is 9.99. The molecule has 0 atom stereocenters. The fourth-order valence-electron chi connectivity index (χ4n) is 8.26. The molecule has 0 radical (unpaired) electrons. The molecule has 0 aliphatic heterocycles. The number of carbonyl (C=O) groups excluding carboxylic acids is 1. The van der Waals surface area contributed by atoms with Gasteiger partial charge < -0.3 is 4.74 Å². The highest BCUT2D eigenvalue weighted by Gasteiger charge is 2.33. The maximum Gasteiger partial charge on any atom is 0.335 e. The SMILES string of the molecule is C=CC(=O)Oc1cc(SCC(CSc2cccc3c2sc2ccccc23)(CSc2cccc3c2sc2ccccc23)CSc2cccc3c2sc2ccccc23)c2ccccc2c1. The van der Waals surface area contributed by atoms with Crippen LogP contribution in [0.4, 0.5) is 0 Å². The molecule has 0 aliphatic carbocycles. The summed E-state index contributed by atoms with van der Waals surface area (Å²) in [4.78, 5) is 17.6. The maximum atomic E-state index is 12.5. The zero-order valence-electron chi connectivity index (χ0n) is 33.9. The van der Waals surface area contributed by atoms with E-state index in [1.54, 1.807) is 0 Å². The van der Waals surface area contributed by atoms with Crippen molar-refractivity contribution >= 4 is 158 Å². The quantitative estimate of drug-likeness (QED) is 0.0466. The molecule has 11 rings (SSSR count). The average molecular weight is 943 g/mol. The van der Waals surface area contributed by atoms with Crippen LogP contribution in [0.2, 0.25) is 0 Å². The first-order valence-electron chi connectivity index (χ1n) is 20.6. The van der Waals surface area contributed by atoms with E-state index in [1.165, 1.54) is 81.3 Å². The van der Waals surface area contributed by atoms with Crippen LogP contribution in [0, 0.1) is 5.41 Å². The number of ether oxygens (including phenoxy) is 1. The van der Waals surface area contributed by atoms with Crippen LogP contribution in [0.1, 0.15) is 0 Å². The molecule has 3 heterocycles. The van der Waals surface area contributed by atoms with Gasteiger partial charge in [-0.25, -0.2) is 4.79 Å². The molecule has 308 valence electrons. The maximum absolute atomic E-state index is 12.5. The first-order chi connectivity index (χ1) is 31.0. The molecular formula is C54H38O2S7. The van der Waals surface area contributed by atoms with Gasteiger partial charge in [0.05, 0.1) is 0 Å². The Hall–Kier alpha value is -4.71. The van der Waals surface area contributed by atoms with Gasteiger partial charge >= 0.3 is 5.97 Å². The van der Waals surface area contributed by atoms with Crippen molar-refractivity contribution in [3.05, 3.63) is 176 Å². The van der Waals surface area contributed by atoms with Gasteiger partial charge in [-0.1, -0.05) is 122 Å². The van der Waals surface area contributed by atoms with Crippen molar-refractivity contribution in [3.8, 4) is 5.75 Å². The van der Waals surface area contributed by atoms with Crippen LogP contribution in [0.25, 0.3) is 71.3 Å². The summed E-state index contributed by atoms with van der Waals surface area (Å²) in [5.74, 6) is 3.69. The summed E-state index contributed by atoms with van der Waals surface area (Å²) in [6.07, 6.45) is 1.23. The lowest BCUT2D eigenvalue weighted by Gasteiger charge is -2.33. The predicted molar refractivity (Wildman–Crippen MR) is 283 cm³/mol. The topological polar surface area (TPSA) is 26.3 Å². The van der Waals surface area contributed by atoms with Gasteiger partial charge in [-0.2, -0.15) is 0 Å². The first-order valence-corrected chi connectivity index (χ1v) is 27.0. The van der Waals surface area contributed by atoms with E-state index in [0.29, 0.717) is 5.75 Å². The Morgan fingerprint density at radius 2 is 0.841 bits per heavy atom. The highest BCUT2D eigenvalue weighted by molar-refractivity contribution is 8.02. The van der Waals surface area contributed by atoms with Gasteiger partial charge in [-0.05, 0) is 59.3 Å². The molecule has 63 heavy (non-hydrogen) atoms. The second kappa shape index (κ2) is 17.7. The Morgan fingerprint density at radius 1 is 0.460 bits per heavy atom. The number of esters is 1. The van der Waals surface area contributed by atoms with E-state index >= 15 is 0 Å². The third kappa shape index (κ3) is 8.07. The van der Waals surface area contributed by atoms with Gasteiger partial charge in [0.2, 0.25) is 0 Å². The van der Waals surface area contributed by atoms with Crippen molar-refractivity contribution in [1.29, 1.82) is 0 Å². The average Bonchev–Trinajstić information content (AvgIpc) is 4.03. The van der Waals surface area contributed by atoms with Crippen LogP contribution in [0.15, 0.2) is 196 Å². The molecule has 0 aliphatic rings. The van der Waals surface area contributed by atoms with Gasteiger partial charge in [-0.15, -0.1) is 81.1 Å². The van der Waals surface area contributed by atoms with Gasteiger partial charge in [0.15, 0.2) is 0 Å². The second-order valence-corrected chi connectivity index (χ2v) is 22.8. The summed E-state index contributed by atoms with van der Waals surface area (Å²) in [6, 6.07) is 59.3. The van der Waals surface area contributed by atoms with Crippen LogP contribution in [-0.2, 0) is 4.79 Å². The summed E-state index contributed by atoms with van der Waals surface area (Å²) in [6.45, 7) is 3.66. The van der Waals surface area contributed by atoms with E-state index in [9.17, 15) is 4.79 Å². The molecule has 8 aromatic carbocycles. The Balaban J connectivity index is 1.03. The fourth-order valence-corrected chi connectivity index (χ4v) is 18.1. The molecule has 0 saturated carbocycles.